The van der Waals surface area contributed by atoms with Crippen molar-refractivity contribution < 1.29 is 4.74 Å². The average Bonchev–Trinajstić information content (AvgIpc) is 2.77. The van der Waals surface area contributed by atoms with E-state index in [-0.39, 0.29) is 0 Å². The second-order valence-corrected chi connectivity index (χ2v) is 5.86. The zero-order valence-electron chi connectivity index (χ0n) is 12.0. The lowest BCUT2D eigenvalue weighted by Crippen LogP contribution is -2.45. The molecule has 2 unspecified atom stereocenters. The van der Waals surface area contributed by atoms with Crippen LogP contribution >= 0.6 is 0 Å². The first-order valence-electron chi connectivity index (χ1n) is 7.47. The molecule has 0 aromatic heterocycles. The molecular weight excluding hydrogens is 226 g/mol. The quantitative estimate of drug-likeness (QED) is 0.681. The highest BCUT2D eigenvalue weighted by atomic mass is 16.5. The summed E-state index contributed by atoms with van der Waals surface area (Å²) in [7, 11) is 4.16. The summed E-state index contributed by atoms with van der Waals surface area (Å²) in [5.74, 6) is 0. The standard InChI is InChI=1S/C14H29N3O/c1-16(2)10-12-18-11-7-15-13-6-9-17-8-4-3-5-14(13)17/h13-15H,3-12H2,1-2H3. The number of nitrogens with zero attached hydrogens (tertiary/aromatic N) is 2. The van der Waals surface area contributed by atoms with E-state index < -0.39 is 0 Å². The molecule has 0 saturated carbocycles. The topological polar surface area (TPSA) is 27.7 Å². The molecule has 0 aromatic rings. The average molecular weight is 255 g/mol. The third-order valence-electron chi connectivity index (χ3n) is 4.19. The van der Waals surface area contributed by atoms with Gasteiger partial charge in [-0.25, -0.2) is 0 Å². The SMILES string of the molecule is CN(C)CCOCCNC1CCN2CCCCC12. The van der Waals surface area contributed by atoms with E-state index in [2.05, 4.69) is 29.2 Å². The minimum Gasteiger partial charge on any atom is -0.379 e. The van der Waals surface area contributed by atoms with Gasteiger partial charge in [-0.05, 0) is 39.9 Å². The number of fused-ring (bicyclic) bond motifs is 1. The van der Waals surface area contributed by atoms with Crippen LogP contribution in [0.4, 0.5) is 0 Å². The molecule has 2 heterocycles. The van der Waals surface area contributed by atoms with Crippen molar-refractivity contribution in [2.75, 3.05) is 53.5 Å². The monoisotopic (exact) mass is 255 g/mol. The Bertz CT molecular complexity index is 235. The van der Waals surface area contributed by atoms with Gasteiger partial charge in [0, 0.05) is 31.7 Å². The fourth-order valence-corrected chi connectivity index (χ4v) is 3.15. The third-order valence-corrected chi connectivity index (χ3v) is 4.19. The predicted molar refractivity (Wildman–Crippen MR) is 75.0 cm³/mol. The van der Waals surface area contributed by atoms with Crippen molar-refractivity contribution >= 4 is 0 Å². The number of rotatable bonds is 7. The Morgan fingerprint density at radius 3 is 2.89 bits per heavy atom. The summed E-state index contributed by atoms with van der Waals surface area (Å²) in [4.78, 5) is 4.83. The van der Waals surface area contributed by atoms with Crippen molar-refractivity contribution in [3.8, 4) is 0 Å². The molecule has 2 fully saturated rings. The first-order valence-corrected chi connectivity index (χ1v) is 7.47. The molecule has 2 atom stereocenters. The normalized spacial score (nSPS) is 28.8. The van der Waals surface area contributed by atoms with Crippen LogP contribution in [-0.2, 0) is 4.74 Å². The Morgan fingerprint density at radius 1 is 1.17 bits per heavy atom. The molecule has 1 N–H and O–H groups in total. The Hall–Kier alpha value is -0.160. The fraction of sp³-hybridized carbons (Fsp3) is 1.00. The number of ether oxygens (including phenoxy) is 1. The van der Waals surface area contributed by atoms with Gasteiger partial charge >= 0.3 is 0 Å². The molecule has 106 valence electrons. The van der Waals surface area contributed by atoms with Crippen LogP contribution in [0.2, 0.25) is 0 Å². The molecule has 0 bridgehead atoms. The van der Waals surface area contributed by atoms with Crippen molar-refractivity contribution in [2.45, 2.75) is 37.8 Å². The Morgan fingerprint density at radius 2 is 2.06 bits per heavy atom. The molecule has 0 spiro atoms. The summed E-state index contributed by atoms with van der Waals surface area (Å²) in [6.07, 6.45) is 5.52. The number of nitrogens with one attached hydrogen (secondary N) is 1. The molecular formula is C14H29N3O. The van der Waals surface area contributed by atoms with Crippen LogP contribution in [0.15, 0.2) is 0 Å². The van der Waals surface area contributed by atoms with E-state index in [4.69, 9.17) is 4.74 Å². The summed E-state index contributed by atoms with van der Waals surface area (Å²) in [5.41, 5.74) is 0. The smallest absolute Gasteiger partial charge is 0.0593 e. The molecule has 18 heavy (non-hydrogen) atoms. The fourth-order valence-electron chi connectivity index (χ4n) is 3.15. The maximum atomic E-state index is 5.62. The minimum atomic E-state index is 0.711. The van der Waals surface area contributed by atoms with E-state index in [0.29, 0.717) is 6.04 Å². The van der Waals surface area contributed by atoms with Crippen LogP contribution in [-0.4, -0.2) is 75.4 Å². The second kappa shape index (κ2) is 7.43. The van der Waals surface area contributed by atoms with E-state index in [9.17, 15) is 0 Å². The van der Waals surface area contributed by atoms with Gasteiger partial charge in [-0.3, -0.25) is 4.90 Å². The first kappa shape index (κ1) is 14.3. The van der Waals surface area contributed by atoms with Gasteiger partial charge in [0.1, 0.15) is 0 Å². The van der Waals surface area contributed by atoms with E-state index in [1.165, 1.54) is 38.8 Å². The van der Waals surface area contributed by atoms with Crippen LogP contribution in [0.1, 0.15) is 25.7 Å². The summed E-state index contributed by atoms with van der Waals surface area (Å²) in [5, 5.41) is 3.69. The molecule has 2 saturated heterocycles. The van der Waals surface area contributed by atoms with E-state index in [1.807, 2.05) is 0 Å². The zero-order chi connectivity index (χ0) is 12.8. The summed E-state index contributed by atoms with van der Waals surface area (Å²) in [6.45, 7) is 6.32. The molecule has 0 aromatic carbocycles. The maximum absolute atomic E-state index is 5.62. The van der Waals surface area contributed by atoms with Gasteiger partial charge < -0.3 is 15.0 Å². The van der Waals surface area contributed by atoms with Crippen molar-refractivity contribution in [3.63, 3.8) is 0 Å². The van der Waals surface area contributed by atoms with Gasteiger partial charge in [-0.15, -0.1) is 0 Å². The van der Waals surface area contributed by atoms with Gasteiger partial charge in [-0.1, -0.05) is 6.42 Å². The highest BCUT2D eigenvalue weighted by Gasteiger charge is 2.34. The number of hydrogen-bond donors (Lipinski definition) is 1. The van der Waals surface area contributed by atoms with E-state index in [1.54, 1.807) is 0 Å². The lowest BCUT2D eigenvalue weighted by molar-refractivity contribution is 0.114. The number of piperidine rings is 1. The van der Waals surface area contributed by atoms with Crippen molar-refractivity contribution in [3.05, 3.63) is 0 Å². The van der Waals surface area contributed by atoms with Crippen LogP contribution in [0.3, 0.4) is 0 Å². The minimum absolute atomic E-state index is 0.711. The molecule has 2 rings (SSSR count). The van der Waals surface area contributed by atoms with Crippen LogP contribution < -0.4 is 5.32 Å². The molecule has 0 radical (unpaired) electrons. The Labute approximate surface area is 112 Å². The van der Waals surface area contributed by atoms with Gasteiger partial charge in [0.05, 0.1) is 13.2 Å². The summed E-state index contributed by atoms with van der Waals surface area (Å²) >= 11 is 0. The molecule has 0 amide bonds. The molecule has 0 aliphatic carbocycles. The van der Waals surface area contributed by atoms with E-state index >= 15 is 0 Å². The Kier molecular flexibility index (Phi) is 5.89. The van der Waals surface area contributed by atoms with Crippen molar-refractivity contribution in [1.29, 1.82) is 0 Å². The van der Waals surface area contributed by atoms with Gasteiger partial charge in [-0.2, -0.15) is 0 Å². The van der Waals surface area contributed by atoms with Crippen molar-refractivity contribution in [2.24, 2.45) is 0 Å². The molecule has 2 aliphatic heterocycles. The van der Waals surface area contributed by atoms with Gasteiger partial charge in [0.2, 0.25) is 0 Å². The lowest BCUT2D eigenvalue weighted by atomic mass is 9.99. The van der Waals surface area contributed by atoms with Crippen molar-refractivity contribution in [1.82, 2.24) is 15.1 Å². The summed E-state index contributed by atoms with van der Waals surface area (Å²) < 4.78 is 5.62. The van der Waals surface area contributed by atoms with Gasteiger partial charge in [0.15, 0.2) is 0 Å². The predicted octanol–water partition coefficient (Wildman–Crippen LogP) is 0.781. The van der Waals surface area contributed by atoms with E-state index in [0.717, 1.165) is 32.3 Å². The van der Waals surface area contributed by atoms with Crippen LogP contribution in [0.25, 0.3) is 0 Å². The molecule has 2 aliphatic rings. The second-order valence-electron chi connectivity index (χ2n) is 5.86. The first-order chi connectivity index (χ1) is 8.77. The Balaban J connectivity index is 1.54. The van der Waals surface area contributed by atoms with Gasteiger partial charge in [0.25, 0.3) is 0 Å². The largest absolute Gasteiger partial charge is 0.379 e. The molecule has 4 nitrogen and oxygen atoms in total. The zero-order valence-corrected chi connectivity index (χ0v) is 12.0. The van der Waals surface area contributed by atoms with Crippen LogP contribution in [0, 0.1) is 0 Å². The maximum Gasteiger partial charge on any atom is 0.0593 e. The highest BCUT2D eigenvalue weighted by Crippen LogP contribution is 2.26. The summed E-state index contributed by atoms with van der Waals surface area (Å²) in [6, 6.07) is 1.52. The lowest BCUT2D eigenvalue weighted by Gasteiger charge is -2.32. The molecule has 4 heteroatoms. The number of likely N-dealkylation sites (N-methyl/N-ethyl adjacent to an activating group) is 1. The highest BCUT2D eigenvalue weighted by molar-refractivity contribution is 4.93. The number of hydrogen-bond acceptors (Lipinski definition) is 4. The van der Waals surface area contributed by atoms with Crippen LogP contribution in [0.5, 0.6) is 0 Å². The third kappa shape index (κ3) is 4.19.